The van der Waals surface area contributed by atoms with Gasteiger partial charge in [-0.3, -0.25) is 9.52 Å². The first kappa shape index (κ1) is 14.6. The van der Waals surface area contributed by atoms with E-state index < -0.39 is 15.9 Å². The van der Waals surface area contributed by atoms with Gasteiger partial charge in [0.2, 0.25) is 5.91 Å². The molecule has 0 aromatic heterocycles. The molecule has 0 atom stereocenters. The van der Waals surface area contributed by atoms with E-state index in [4.69, 9.17) is 11.6 Å². The second-order valence-electron chi connectivity index (χ2n) is 4.66. The van der Waals surface area contributed by atoms with Gasteiger partial charge in [-0.05, 0) is 24.3 Å². The van der Waals surface area contributed by atoms with E-state index >= 15 is 0 Å². The molecule has 2 aromatic rings. The van der Waals surface area contributed by atoms with Crippen LogP contribution in [0.4, 0.5) is 5.69 Å². The summed E-state index contributed by atoms with van der Waals surface area (Å²) >= 11 is 5.84. The minimum absolute atomic E-state index is 0.164. The maximum absolute atomic E-state index is 12.0. The summed E-state index contributed by atoms with van der Waals surface area (Å²) in [6, 6.07) is 13.2. The van der Waals surface area contributed by atoms with Gasteiger partial charge in [-0.2, -0.15) is 0 Å². The number of hydrogen-bond acceptors (Lipinski definition) is 3. The maximum atomic E-state index is 12.0. The van der Waals surface area contributed by atoms with Crippen molar-refractivity contribution in [1.29, 1.82) is 0 Å². The van der Waals surface area contributed by atoms with Crippen molar-refractivity contribution < 1.29 is 13.2 Å². The molecule has 0 fully saturated rings. The molecule has 1 aliphatic heterocycles. The zero-order valence-corrected chi connectivity index (χ0v) is 12.8. The number of nitrogens with one attached hydrogen (secondary N) is 2. The Morgan fingerprint density at radius 3 is 2.68 bits per heavy atom. The minimum Gasteiger partial charge on any atom is -0.322 e. The number of carbonyl (C=O) groups is 1. The molecule has 0 bridgehead atoms. The Morgan fingerprint density at radius 2 is 1.91 bits per heavy atom. The van der Waals surface area contributed by atoms with Gasteiger partial charge in [0.05, 0.1) is 10.6 Å². The first-order valence-corrected chi connectivity index (χ1v) is 8.22. The van der Waals surface area contributed by atoms with E-state index in [-0.39, 0.29) is 10.6 Å². The maximum Gasteiger partial charge on any atom is 0.262 e. The first-order valence-electron chi connectivity index (χ1n) is 6.36. The number of fused-ring (bicyclic) bond motifs is 1. The molecule has 2 N–H and O–H groups in total. The fraction of sp³-hybridized carbons (Fsp3) is 0. The fourth-order valence-electron chi connectivity index (χ4n) is 2.16. The molecule has 5 nitrogen and oxygen atoms in total. The molecule has 1 amide bonds. The van der Waals surface area contributed by atoms with Crippen molar-refractivity contribution in [3.05, 3.63) is 65.2 Å². The summed E-state index contributed by atoms with van der Waals surface area (Å²) in [5, 5.41) is 3.13. The van der Waals surface area contributed by atoms with Crippen LogP contribution in [0.25, 0.3) is 5.70 Å². The van der Waals surface area contributed by atoms with Crippen LogP contribution in [-0.4, -0.2) is 14.3 Å². The number of hydrogen-bond donors (Lipinski definition) is 2. The lowest BCUT2D eigenvalue weighted by Gasteiger charge is -2.03. The number of carbonyl (C=O) groups excluding carboxylic acids is 1. The zero-order valence-electron chi connectivity index (χ0n) is 11.2. The van der Waals surface area contributed by atoms with Crippen LogP contribution in [0.3, 0.4) is 0 Å². The van der Waals surface area contributed by atoms with Crippen LogP contribution in [-0.2, 0) is 14.8 Å². The average molecular weight is 335 g/mol. The molecule has 2 aromatic carbocycles. The number of sulfonamides is 1. The highest BCUT2D eigenvalue weighted by Gasteiger charge is 2.29. The third-order valence-corrected chi connectivity index (χ3v) is 4.74. The summed E-state index contributed by atoms with van der Waals surface area (Å²) in [4.78, 5) is 12.2. The van der Waals surface area contributed by atoms with Gasteiger partial charge in [0, 0.05) is 22.3 Å². The standard InChI is InChI=1S/C15H11ClN2O3S/c16-10-4-3-5-11(8-10)17-15(19)9-13-12-6-1-2-7-14(12)22(20,21)18-13/h1-9,18H,(H,17,19)/b13-9+. The van der Waals surface area contributed by atoms with Crippen molar-refractivity contribution in [3.63, 3.8) is 0 Å². The largest absolute Gasteiger partial charge is 0.322 e. The predicted molar refractivity (Wildman–Crippen MR) is 84.8 cm³/mol. The van der Waals surface area contributed by atoms with E-state index in [2.05, 4.69) is 10.0 Å². The van der Waals surface area contributed by atoms with Crippen LogP contribution in [0.1, 0.15) is 5.56 Å². The van der Waals surface area contributed by atoms with Gasteiger partial charge in [-0.1, -0.05) is 35.9 Å². The lowest BCUT2D eigenvalue weighted by atomic mass is 10.1. The smallest absolute Gasteiger partial charge is 0.262 e. The molecular formula is C15H11ClN2O3S. The van der Waals surface area contributed by atoms with E-state index in [1.807, 2.05) is 0 Å². The Morgan fingerprint density at radius 1 is 1.14 bits per heavy atom. The SMILES string of the molecule is O=C(/C=C1/NS(=O)(=O)c2ccccc21)Nc1cccc(Cl)c1. The molecular weight excluding hydrogens is 324 g/mol. The van der Waals surface area contributed by atoms with Crippen molar-refractivity contribution in [2.75, 3.05) is 5.32 Å². The molecule has 0 saturated heterocycles. The van der Waals surface area contributed by atoms with Crippen LogP contribution >= 0.6 is 11.6 Å². The van der Waals surface area contributed by atoms with Crippen molar-refractivity contribution in [1.82, 2.24) is 4.72 Å². The molecule has 0 radical (unpaired) electrons. The van der Waals surface area contributed by atoms with Crippen LogP contribution in [0.2, 0.25) is 5.02 Å². The molecule has 7 heteroatoms. The molecule has 1 heterocycles. The highest BCUT2D eigenvalue weighted by atomic mass is 35.5. The van der Waals surface area contributed by atoms with Gasteiger partial charge in [0.25, 0.3) is 10.0 Å². The normalized spacial score (nSPS) is 16.9. The summed E-state index contributed by atoms with van der Waals surface area (Å²) in [7, 11) is -3.60. The van der Waals surface area contributed by atoms with Gasteiger partial charge < -0.3 is 5.32 Å². The molecule has 22 heavy (non-hydrogen) atoms. The van der Waals surface area contributed by atoms with E-state index in [1.54, 1.807) is 42.5 Å². The lowest BCUT2D eigenvalue weighted by Crippen LogP contribution is -2.16. The Hall–Kier alpha value is -2.31. The van der Waals surface area contributed by atoms with Crippen LogP contribution in [0.5, 0.6) is 0 Å². The molecule has 112 valence electrons. The topological polar surface area (TPSA) is 75.3 Å². The van der Waals surface area contributed by atoms with Gasteiger partial charge in [-0.25, -0.2) is 8.42 Å². The Balaban J connectivity index is 1.89. The third-order valence-electron chi connectivity index (χ3n) is 3.08. The zero-order chi connectivity index (χ0) is 15.7. The summed E-state index contributed by atoms with van der Waals surface area (Å²) in [5.41, 5.74) is 1.25. The highest BCUT2D eigenvalue weighted by molar-refractivity contribution is 7.90. The van der Waals surface area contributed by atoms with Crippen LogP contribution < -0.4 is 10.0 Å². The second kappa shape index (κ2) is 5.47. The summed E-state index contributed by atoms with van der Waals surface area (Å²) in [5.74, 6) is -0.448. The number of halogens is 1. The van der Waals surface area contributed by atoms with E-state index in [1.165, 1.54) is 12.1 Å². The molecule has 3 rings (SSSR count). The number of benzene rings is 2. The Bertz CT molecular complexity index is 891. The number of rotatable bonds is 2. The molecule has 1 aliphatic rings. The molecule has 0 saturated carbocycles. The van der Waals surface area contributed by atoms with Gasteiger partial charge in [0.1, 0.15) is 0 Å². The van der Waals surface area contributed by atoms with Crippen molar-refractivity contribution in [2.45, 2.75) is 4.90 Å². The average Bonchev–Trinajstić information content (AvgIpc) is 2.70. The summed E-state index contributed by atoms with van der Waals surface area (Å²) in [6.07, 6.45) is 1.21. The molecule has 0 aliphatic carbocycles. The summed E-state index contributed by atoms with van der Waals surface area (Å²) < 4.78 is 26.3. The van der Waals surface area contributed by atoms with Crippen LogP contribution in [0.15, 0.2) is 59.5 Å². The highest BCUT2D eigenvalue weighted by Crippen LogP contribution is 2.29. The first-order chi connectivity index (χ1) is 10.5. The van der Waals surface area contributed by atoms with Gasteiger partial charge in [0.15, 0.2) is 0 Å². The van der Waals surface area contributed by atoms with Crippen molar-refractivity contribution in [2.24, 2.45) is 0 Å². The van der Waals surface area contributed by atoms with E-state index in [0.717, 1.165) is 0 Å². The fourth-order valence-corrected chi connectivity index (χ4v) is 3.64. The predicted octanol–water partition coefficient (Wildman–Crippen LogP) is 2.61. The molecule has 0 unspecified atom stereocenters. The van der Waals surface area contributed by atoms with Crippen molar-refractivity contribution >= 4 is 38.9 Å². The molecule has 0 spiro atoms. The quantitative estimate of drug-likeness (QED) is 0.829. The lowest BCUT2D eigenvalue weighted by molar-refractivity contribution is -0.111. The monoisotopic (exact) mass is 334 g/mol. The number of anilines is 1. The summed E-state index contributed by atoms with van der Waals surface area (Å²) in [6.45, 7) is 0. The van der Waals surface area contributed by atoms with E-state index in [0.29, 0.717) is 16.3 Å². The van der Waals surface area contributed by atoms with Gasteiger partial charge in [-0.15, -0.1) is 0 Å². The van der Waals surface area contributed by atoms with Crippen LogP contribution in [0, 0.1) is 0 Å². The van der Waals surface area contributed by atoms with E-state index in [9.17, 15) is 13.2 Å². The number of amides is 1. The Kier molecular flexibility index (Phi) is 3.64. The Labute approximate surface area is 132 Å². The van der Waals surface area contributed by atoms with Gasteiger partial charge >= 0.3 is 0 Å². The second-order valence-corrected chi connectivity index (χ2v) is 6.75. The minimum atomic E-state index is -3.60. The van der Waals surface area contributed by atoms with Crippen molar-refractivity contribution in [3.8, 4) is 0 Å². The third kappa shape index (κ3) is 2.84.